The highest BCUT2D eigenvalue weighted by molar-refractivity contribution is 8.07. The second kappa shape index (κ2) is 4.19. The van der Waals surface area contributed by atoms with Crippen molar-refractivity contribution in [3.05, 3.63) is 0 Å². The first-order valence-corrected chi connectivity index (χ1v) is 7.34. The minimum atomic E-state index is -3.42. The Kier molecular flexibility index (Phi) is 3.72. The van der Waals surface area contributed by atoms with Crippen molar-refractivity contribution < 1.29 is 4.57 Å². The van der Waals surface area contributed by atoms with Gasteiger partial charge < -0.3 is 4.90 Å². The van der Waals surface area contributed by atoms with Crippen molar-refractivity contribution in [2.45, 2.75) is 12.8 Å². The lowest BCUT2D eigenvalue weighted by atomic mass is 10.4. The minimum absolute atomic E-state index is 0.154. The summed E-state index contributed by atoms with van der Waals surface area (Å²) in [5.41, 5.74) is 0. The Labute approximate surface area is 85.7 Å². The van der Waals surface area contributed by atoms with Gasteiger partial charge in [0.05, 0.1) is 0 Å². The Hall–Kier alpha value is 0.570. The summed E-state index contributed by atoms with van der Waals surface area (Å²) in [6.07, 6.45) is 2.14. The smallest absolute Gasteiger partial charge is 0.347 e. The Morgan fingerprint density at radius 1 is 1.33 bits per heavy atom. The summed E-state index contributed by atoms with van der Waals surface area (Å²) >= 11 is 16.2. The molecule has 0 aliphatic carbocycles. The molecule has 0 aromatic heterocycles. The summed E-state index contributed by atoms with van der Waals surface area (Å²) in [5, 5.41) is 0.154. The van der Waals surface area contributed by atoms with Crippen molar-refractivity contribution in [3.8, 4) is 0 Å². The number of rotatable bonds is 1. The van der Waals surface area contributed by atoms with E-state index < -0.39 is 6.00 Å². The second-order valence-corrected chi connectivity index (χ2v) is 7.17. The zero-order valence-electron chi connectivity index (χ0n) is 6.21. The lowest BCUT2D eigenvalue weighted by Crippen LogP contribution is -2.22. The summed E-state index contributed by atoms with van der Waals surface area (Å²) in [6.45, 7) is 1.66. The summed E-state index contributed by atoms with van der Waals surface area (Å²) in [6, 6.07) is 0. The normalized spacial score (nSPS) is 20.2. The third-order valence-corrected chi connectivity index (χ3v) is 2.88. The highest BCUT2D eigenvalue weighted by atomic mass is 35.9. The number of likely N-dealkylation sites (tertiary alicyclic amines) is 1. The van der Waals surface area contributed by atoms with Crippen LogP contribution in [-0.4, -0.2) is 23.3 Å². The van der Waals surface area contributed by atoms with E-state index in [2.05, 4.69) is 4.76 Å². The summed E-state index contributed by atoms with van der Waals surface area (Å²) in [4.78, 5) is 1.80. The van der Waals surface area contributed by atoms with E-state index >= 15 is 0 Å². The topological polar surface area (TPSA) is 32.7 Å². The summed E-state index contributed by atoms with van der Waals surface area (Å²) in [7, 11) is 0. The van der Waals surface area contributed by atoms with Crippen LogP contribution in [0, 0.1) is 0 Å². The molecular weight excluding hydrogens is 241 g/mol. The predicted octanol–water partition coefficient (Wildman–Crippen LogP) is 3.26. The largest absolute Gasteiger partial charge is 0.366 e. The maximum atomic E-state index is 10.8. The van der Waals surface area contributed by atoms with Crippen LogP contribution in [0.4, 0.5) is 0 Å². The quantitative estimate of drug-likeness (QED) is 0.309. The minimum Gasteiger partial charge on any atom is -0.347 e. The Morgan fingerprint density at radius 3 is 2.25 bits per heavy atom. The molecule has 0 atom stereocenters. The van der Waals surface area contributed by atoms with Gasteiger partial charge in [0.2, 0.25) is 5.29 Å². The first kappa shape index (κ1) is 10.6. The third kappa shape index (κ3) is 3.53. The molecule has 0 amide bonds. The number of halogens is 3. The van der Waals surface area contributed by atoms with Crippen molar-refractivity contribution in [1.82, 2.24) is 4.90 Å². The number of hydrogen-bond acceptors (Lipinski definition) is 1. The van der Waals surface area contributed by atoms with Gasteiger partial charge in [-0.1, -0.05) is 0 Å². The van der Waals surface area contributed by atoms with Gasteiger partial charge in [-0.15, -0.1) is 0 Å². The maximum absolute atomic E-state index is 10.8. The van der Waals surface area contributed by atoms with E-state index in [-0.39, 0.29) is 5.29 Å². The molecule has 0 aromatic carbocycles. The van der Waals surface area contributed by atoms with Crippen LogP contribution in [-0.2, 0) is 4.57 Å². The van der Waals surface area contributed by atoms with Gasteiger partial charge in [-0.2, -0.15) is 4.76 Å². The Morgan fingerprint density at radius 2 is 1.83 bits per heavy atom. The number of nitrogens with zero attached hydrogens (tertiary/aromatic N) is 2. The Balaban J connectivity index is 2.62. The van der Waals surface area contributed by atoms with Crippen molar-refractivity contribution in [1.29, 1.82) is 0 Å². The SMILES string of the molecule is O=P(Cl)(Cl)/N=C(\Cl)N1CCCC1. The molecule has 0 saturated carbocycles. The van der Waals surface area contributed by atoms with Crippen LogP contribution >= 0.6 is 40.1 Å². The molecule has 1 aliphatic heterocycles. The van der Waals surface area contributed by atoms with Gasteiger partial charge >= 0.3 is 6.00 Å². The van der Waals surface area contributed by atoms with Crippen LogP contribution < -0.4 is 0 Å². The van der Waals surface area contributed by atoms with Crippen molar-refractivity contribution in [2.24, 2.45) is 4.76 Å². The highest BCUT2D eigenvalue weighted by Gasteiger charge is 2.19. The fraction of sp³-hybridized carbons (Fsp3) is 0.800. The monoisotopic (exact) mass is 248 g/mol. The van der Waals surface area contributed by atoms with Gasteiger partial charge in [0, 0.05) is 13.1 Å². The van der Waals surface area contributed by atoms with Gasteiger partial charge in [-0.25, -0.2) is 0 Å². The molecule has 1 fully saturated rings. The van der Waals surface area contributed by atoms with Gasteiger partial charge in [-0.05, 0) is 46.9 Å². The number of hydrogen-bond donors (Lipinski definition) is 0. The highest BCUT2D eigenvalue weighted by Crippen LogP contribution is 2.58. The van der Waals surface area contributed by atoms with Gasteiger partial charge in [0.15, 0.2) is 0 Å². The molecule has 3 nitrogen and oxygen atoms in total. The summed E-state index contributed by atoms with van der Waals surface area (Å²) < 4.78 is 14.3. The van der Waals surface area contributed by atoms with Crippen LogP contribution in [0.5, 0.6) is 0 Å². The second-order valence-electron chi connectivity index (χ2n) is 2.50. The first-order valence-electron chi connectivity index (χ1n) is 3.49. The average Bonchev–Trinajstić information content (AvgIpc) is 2.32. The number of amidine groups is 1. The van der Waals surface area contributed by atoms with Crippen LogP contribution in [0.15, 0.2) is 4.76 Å². The standard InChI is InChI=1S/C5H8Cl3N2OP/c6-5(9-12(7,8)11)10-3-1-2-4-10/h1-4H2/b9-5+. The van der Waals surface area contributed by atoms with Crippen molar-refractivity contribution >= 4 is 45.4 Å². The van der Waals surface area contributed by atoms with Gasteiger partial charge in [0.1, 0.15) is 0 Å². The maximum Gasteiger partial charge on any atom is 0.366 e. The fourth-order valence-corrected chi connectivity index (χ4v) is 2.53. The van der Waals surface area contributed by atoms with E-state index in [1.54, 1.807) is 4.90 Å². The molecule has 0 unspecified atom stereocenters. The predicted molar refractivity (Wildman–Crippen MR) is 53.4 cm³/mol. The zero-order chi connectivity index (χ0) is 9.19. The van der Waals surface area contributed by atoms with Crippen molar-refractivity contribution in [3.63, 3.8) is 0 Å². The van der Waals surface area contributed by atoms with E-state index in [0.717, 1.165) is 25.9 Å². The van der Waals surface area contributed by atoms with Crippen LogP contribution in [0.2, 0.25) is 0 Å². The lowest BCUT2D eigenvalue weighted by molar-refractivity contribution is 0.529. The van der Waals surface area contributed by atoms with Crippen LogP contribution in [0.3, 0.4) is 0 Å². The molecule has 1 aliphatic rings. The Bertz CT molecular complexity index is 233. The molecule has 12 heavy (non-hydrogen) atoms. The molecule has 0 spiro atoms. The van der Waals surface area contributed by atoms with E-state index in [4.69, 9.17) is 34.1 Å². The van der Waals surface area contributed by atoms with E-state index in [9.17, 15) is 4.57 Å². The molecular formula is C5H8Cl3N2OP. The molecule has 0 bridgehead atoms. The van der Waals surface area contributed by atoms with Gasteiger partial charge in [-0.3, -0.25) is 4.57 Å². The zero-order valence-corrected chi connectivity index (χ0v) is 9.37. The molecule has 0 aromatic rings. The molecule has 0 N–H and O–H groups in total. The first-order chi connectivity index (χ1) is 5.49. The van der Waals surface area contributed by atoms with Crippen LogP contribution in [0.1, 0.15) is 12.8 Å². The van der Waals surface area contributed by atoms with Gasteiger partial charge in [0.25, 0.3) is 0 Å². The third-order valence-electron chi connectivity index (χ3n) is 1.57. The van der Waals surface area contributed by atoms with E-state index in [0.29, 0.717) is 0 Å². The molecule has 0 radical (unpaired) electrons. The van der Waals surface area contributed by atoms with E-state index in [1.807, 2.05) is 0 Å². The average molecular weight is 249 g/mol. The lowest BCUT2D eigenvalue weighted by Gasteiger charge is -2.13. The molecule has 7 heteroatoms. The van der Waals surface area contributed by atoms with Crippen LogP contribution in [0.25, 0.3) is 0 Å². The van der Waals surface area contributed by atoms with Crippen molar-refractivity contribution in [2.75, 3.05) is 13.1 Å². The summed E-state index contributed by atoms with van der Waals surface area (Å²) in [5.74, 6) is -3.42. The molecule has 1 rings (SSSR count). The molecule has 1 heterocycles. The fourth-order valence-electron chi connectivity index (χ4n) is 1.06. The van der Waals surface area contributed by atoms with E-state index in [1.165, 1.54) is 0 Å². The molecule has 70 valence electrons. The molecule has 1 saturated heterocycles.